The first-order valence-electron chi connectivity index (χ1n) is 25.8. The van der Waals surface area contributed by atoms with Crippen LogP contribution in [-0.4, -0.2) is 70.0 Å². The molecule has 0 aliphatic rings. The number of rotatable bonds is 46. The molecule has 0 bridgehead atoms. The van der Waals surface area contributed by atoms with E-state index >= 15 is 0 Å². The lowest BCUT2D eigenvalue weighted by Gasteiger charge is -2.28. The Morgan fingerprint density at radius 3 is 1.32 bits per heavy atom. The van der Waals surface area contributed by atoms with E-state index < -0.39 is 32.5 Å². The highest BCUT2D eigenvalue weighted by Gasteiger charge is 2.21. The lowest BCUT2D eigenvalue weighted by atomic mass is 10.1. The molecular weight excluding hydrogens is 834 g/mol. The average molecular weight is 930 g/mol. The Morgan fingerprint density at radius 2 is 0.877 bits per heavy atom. The van der Waals surface area contributed by atoms with Crippen LogP contribution in [0, 0.1) is 0 Å². The van der Waals surface area contributed by atoms with Crippen molar-refractivity contribution in [1.82, 2.24) is 0 Å². The number of carbonyl (C=O) groups is 2. The number of unbranched alkanes of at least 4 members (excludes halogenated alkanes) is 18. The van der Waals surface area contributed by atoms with Crippen molar-refractivity contribution in [3.63, 3.8) is 0 Å². The predicted octanol–water partition coefficient (Wildman–Crippen LogP) is 14.9. The second-order valence-electron chi connectivity index (χ2n) is 18.1. The van der Waals surface area contributed by atoms with Gasteiger partial charge in [0, 0.05) is 12.8 Å². The van der Waals surface area contributed by atoms with E-state index in [9.17, 15) is 19.0 Å². The first kappa shape index (κ1) is 62.2. The maximum atomic E-state index is 12.7. The molecule has 2 atom stereocenters. The fourth-order valence-electron chi connectivity index (χ4n) is 6.65. The Hall–Kier alpha value is -2.81. The Kier molecular flexibility index (Phi) is 44.3. The summed E-state index contributed by atoms with van der Waals surface area (Å²) in [5, 5.41) is 0. The van der Waals surface area contributed by atoms with Gasteiger partial charge in [0.2, 0.25) is 0 Å². The van der Waals surface area contributed by atoms with Gasteiger partial charge in [0.1, 0.15) is 19.8 Å². The molecule has 0 aromatic rings. The number of esters is 2. The lowest BCUT2D eigenvalue weighted by Crippen LogP contribution is -2.37. The van der Waals surface area contributed by atoms with Gasteiger partial charge in [-0.05, 0) is 89.9 Å². The SMILES string of the molecule is CC/C=C\C/C=C\C/C=C\C/C=C\C/C=C\C/C=C\CCCCCCCCCCC(=O)OC(COC(=O)CCCCCCC/C=C\CCCCCCC)COP(=O)([O-])OCC[N+](C)(C)C. The highest BCUT2D eigenvalue weighted by atomic mass is 31.2. The fraction of sp³-hybridized carbons (Fsp3) is 0.709. The van der Waals surface area contributed by atoms with Crippen molar-refractivity contribution >= 4 is 19.8 Å². The van der Waals surface area contributed by atoms with Crippen LogP contribution >= 0.6 is 7.82 Å². The fourth-order valence-corrected chi connectivity index (χ4v) is 7.38. The van der Waals surface area contributed by atoms with Gasteiger partial charge < -0.3 is 27.9 Å². The number of quaternary nitrogens is 1. The molecular formula is C55H96NO8P. The number of allylic oxidation sites excluding steroid dienone is 14. The summed E-state index contributed by atoms with van der Waals surface area (Å²) in [5.74, 6) is -0.858. The number of phosphoric acid groups is 1. The summed E-state index contributed by atoms with van der Waals surface area (Å²) in [6, 6.07) is 0. The Morgan fingerprint density at radius 1 is 0.492 bits per heavy atom. The molecule has 374 valence electrons. The van der Waals surface area contributed by atoms with Crippen LogP contribution in [0.5, 0.6) is 0 Å². The van der Waals surface area contributed by atoms with E-state index in [1.807, 2.05) is 21.1 Å². The third kappa shape index (κ3) is 50.4. The highest BCUT2D eigenvalue weighted by Crippen LogP contribution is 2.38. The number of phosphoric ester groups is 1. The molecule has 0 radical (unpaired) electrons. The summed E-state index contributed by atoms with van der Waals surface area (Å²) in [6.45, 7) is 4.08. The van der Waals surface area contributed by atoms with Crippen LogP contribution in [0.1, 0.15) is 200 Å². The number of likely N-dealkylation sites (N-methyl/N-ethyl adjacent to an activating group) is 1. The molecule has 10 heteroatoms. The zero-order chi connectivity index (χ0) is 47.8. The van der Waals surface area contributed by atoms with Gasteiger partial charge in [0.25, 0.3) is 7.82 Å². The molecule has 0 aromatic heterocycles. The zero-order valence-corrected chi connectivity index (χ0v) is 43.0. The first-order valence-corrected chi connectivity index (χ1v) is 27.3. The molecule has 0 aromatic carbocycles. The summed E-state index contributed by atoms with van der Waals surface area (Å²) < 4.78 is 34.0. The molecule has 0 spiro atoms. The minimum absolute atomic E-state index is 0.0378. The largest absolute Gasteiger partial charge is 0.756 e. The van der Waals surface area contributed by atoms with Crippen molar-refractivity contribution in [2.24, 2.45) is 0 Å². The summed E-state index contributed by atoms with van der Waals surface area (Å²) in [7, 11) is 1.14. The number of carbonyl (C=O) groups excluding carboxylic acids is 2. The van der Waals surface area contributed by atoms with Crippen LogP contribution in [0.15, 0.2) is 85.1 Å². The molecule has 9 nitrogen and oxygen atoms in total. The van der Waals surface area contributed by atoms with Crippen molar-refractivity contribution in [3.8, 4) is 0 Å². The summed E-state index contributed by atoms with van der Waals surface area (Å²) in [4.78, 5) is 37.7. The molecule has 0 amide bonds. The van der Waals surface area contributed by atoms with E-state index in [4.69, 9.17) is 18.5 Å². The maximum Gasteiger partial charge on any atom is 0.306 e. The van der Waals surface area contributed by atoms with Crippen LogP contribution in [-0.2, 0) is 32.7 Å². The van der Waals surface area contributed by atoms with E-state index in [2.05, 4.69) is 98.9 Å². The van der Waals surface area contributed by atoms with Gasteiger partial charge >= 0.3 is 11.9 Å². The Labute approximate surface area is 399 Å². The zero-order valence-electron chi connectivity index (χ0n) is 42.2. The topological polar surface area (TPSA) is 111 Å². The number of hydrogen-bond donors (Lipinski definition) is 0. The standard InChI is InChI=1S/C55H96NO8P/c1-6-8-10-12-14-16-18-20-22-23-24-25-26-27-28-29-30-31-32-33-34-36-38-40-42-44-46-48-55(58)64-53(52-63-65(59,60)62-50-49-56(3,4)5)51-61-54(57)47-45-43-41-39-37-35-21-19-17-15-13-11-9-7-2/h8,10,14,16,19-22,24-25,27-28,30-31,53H,6-7,9,11-13,15,17-18,23,26,29,32-52H2,1-5H3/b10-8-,16-14-,21-19-,22-20-,25-24-,28-27-,31-30-. The minimum atomic E-state index is -4.64. The summed E-state index contributed by atoms with van der Waals surface area (Å²) >= 11 is 0. The van der Waals surface area contributed by atoms with Gasteiger partial charge in [-0.3, -0.25) is 14.2 Å². The summed E-state index contributed by atoms with van der Waals surface area (Å²) in [5.41, 5.74) is 0. The Balaban J connectivity index is 4.26. The highest BCUT2D eigenvalue weighted by molar-refractivity contribution is 7.45. The van der Waals surface area contributed by atoms with Crippen molar-refractivity contribution < 1.29 is 42.1 Å². The van der Waals surface area contributed by atoms with Crippen molar-refractivity contribution in [1.29, 1.82) is 0 Å². The van der Waals surface area contributed by atoms with Gasteiger partial charge in [0.15, 0.2) is 6.10 Å². The number of nitrogens with zero attached hydrogens (tertiary/aromatic N) is 1. The van der Waals surface area contributed by atoms with Crippen molar-refractivity contribution in [2.45, 2.75) is 206 Å². The normalized spacial score (nSPS) is 14.1. The van der Waals surface area contributed by atoms with Crippen LogP contribution in [0.25, 0.3) is 0 Å². The van der Waals surface area contributed by atoms with Gasteiger partial charge in [-0.1, -0.05) is 182 Å². The first-order chi connectivity index (χ1) is 31.5. The minimum Gasteiger partial charge on any atom is -0.756 e. The van der Waals surface area contributed by atoms with Crippen LogP contribution in [0.3, 0.4) is 0 Å². The second-order valence-corrected chi connectivity index (χ2v) is 19.6. The molecule has 0 aliphatic heterocycles. The van der Waals surface area contributed by atoms with E-state index in [0.29, 0.717) is 23.9 Å². The Bertz CT molecular complexity index is 1380. The smallest absolute Gasteiger partial charge is 0.306 e. The third-order valence-corrected chi connectivity index (χ3v) is 11.6. The monoisotopic (exact) mass is 930 g/mol. The van der Waals surface area contributed by atoms with Crippen molar-refractivity contribution in [2.75, 3.05) is 47.5 Å². The molecule has 2 unspecified atom stereocenters. The van der Waals surface area contributed by atoms with Gasteiger partial charge in [0.05, 0.1) is 27.7 Å². The van der Waals surface area contributed by atoms with Gasteiger partial charge in [-0.15, -0.1) is 0 Å². The molecule has 65 heavy (non-hydrogen) atoms. The molecule has 0 saturated carbocycles. The second kappa shape index (κ2) is 46.3. The maximum absolute atomic E-state index is 12.7. The van der Waals surface area contributed by atoms with E-state index in [1.165, 1.54) is 64.2 Å². The lowest BCUT2D eigenvalue weighted by molar-refractivity contribution is -0.870. The molecule has 0 fully saturated rings. The van der Waals surface area contributed by atoms with E-state index in [1.54, 1.807) is 0 Å². The number of ether oxygens (including phenoxy) is 2. The van der Waals surface area contributed by atoms with Crippen LogP contribution in [0.4, 0.5) is 0 Å². The average Bonchev–Trinajstić information content (AvgIpc) is 3.26. The van der Waals surface area contributed by atoms with Gasteiger partial charge in [-0.25, -0.2) is 0 Å². The molecule has 0 aliphatic carbocycles. The summed E-state index contributed by atoms with van der Waals surface area (Å²) in [6.07, 6.45) is 60.4. The molecule has 0 N–H and O–H groups in total. The quantitative estimate of drug-likeness (QED) is 0.0195. The van der Waals surface area contributed by atoms with Gasteiger partial charge in [-0.2, -0.15) is 0 Å². The van der Waals surface area contributed by atoms with E-state index in [-0.39, 0.29) is 26.1 Å². The molecule has 0 rings (SSSR count). The predicted molar refractivity (Wildman–Crippen MR) is 272 cm³/mol. The van der Waals surface area contributed by atoms with Crippen LogP contribution < -0.4 is 4.89 Å². The molecule has 0 heterocycles. The number of hydrogen-bond acceptors (Lipinski definition) is 8. The van der Waals surface area contributed by atoms with Crippen molar-refractivity contribution in [3.05, 3.63) is 85.1 Å². The molecule has 0 saturated heterocycles. The third-order valence-electron chi connectivity index (χ3n) is 10.6. The van der Waals surface area contributed by atoms with Crippen LogP contribution in [0.2, 0.25) is 0 Å². The van der Waals surface area contributed by atoms with E-state index in [0.717, 1.165) is 96.3 Å².